The molecule has 7 heteroatoms. The van der Waals surface area contributed by atoms with Gasteiger partial charge >= 0.3 is 0 Å². The van der Waals surface area contributed by atoms with Gasteiger partial charge in [0.1, 0.15) is 17.0 Å². The lowest BCUT2D eigenvalue weighted by atomic mass is 10.1. The molecule has 0 atom stereocenters. The fraction of sp³-hybridized carbons (Fsp3) is 0.350. The van der Waals surface area contributed by atoms with E-state index in [0.717, 1.165) is 39.6 Å². The van der Waals surface area contributed by atoms with Crippen molar-refractivity contribution in [1.29, 1.82) is 0 Å². The molecule has 27 heavy (non-hydrogen) atoms. The Labute approximate surface area is 162 Å². The van der Waals surface area contributed by atoms with Crippen molar-refractivity contribution < 1.29 is 9.53 Å². The van der Waals surface area contributed by atoms with Crippen molar-refractivity contribution in [3.05, 3.63) is 53.2 Å². The third-order valence-electron chi connectivity index (χ3n) is 4.78. The lowest BCUT2D eigenvalue weighted by Gasteiger charge is -2.35. The number of hydrogen-bond donors (Lipinski definition) is 0. The number of amides is 1. The molecule has 0 N–H and O–H groups in total. The summed E-state index contributed by atoms with van der Waals surface area (Å²) in [6.07, 6.45) is 2.08. The monoisotopic (exact) mass is 382 g/mol. The number of thiophene rings is 1. The molecule has 1 saturated heterocycles. The second-order valence-corrected chi connectivity index (χ2v) is 7.71. The van der Waals surface area contributed by atoms with Gasteiger partial charge in [0, 0.05) is 38.2 Å². The zero-order valence-corrected chi connectivity index (χ0v) is 16.1. The third kappa shape index (κ3) is 3.94. The predicted molar refractivity (Wildman–Crippen MR) is 107 cm³/mol. The molecule has 3 heterocycles. The Morgan fingerprint density at radius 2 is 1.93 bits per heavy atom. The van der Waals surface area contributed by atoms with E-state index in [0.29, 0.717) is 26.1 Å². The van der Waals surface area contributed by atoms with Crippen LogP contribution in [0.2, 0.25) is 0 Å². The molecule has 4 rings (SSSR count). The molecule has 1 aliphatic heterocycles. The van der Waals surface area contributed by atoms with Crippen LogP contribution in [-0.4, -0.2) is 54.1 Å². The topological polar surface area (TPSA) is 58.6 Å². The molecule has 3 aromatic rings. The summed E-state index contributed by atoms with van der Waals surface area (Å²) < 4.78 is 5.24. The van der Waals surface area contributed by atoms with E-state index in [1.807, 2.05) is 35.2 Å². The molecule has 1 fully saturated rings. The summed E-state index contributed by atoms with van der Waals surface area (Å²) in [6.45, 7) is 3.57. The lowest BCUT2D eigenvalue weighted by molar-refractivity contribution is -0.130. The fourth-order valence-electron chi connectivity index (χ4n) is 3.41. The number of hydrogen-bond acceptors (Lipinski definition) is 6. The molecule has 140 valence electrons. The standard InChI is InChI=1S/C20H22N4O2S/c1-26-13-16-12-17-19(21-14-22-20(17)27-16)24-9-7-23(8-10-24)18(25)11-15-5-3-2-4-6-15/h2-6,12,14H,7-11,13H2,1H3. The highest BCUT2D eigenvalue weighted by molar-refractivity contribution is 7.18. The van der Waals surface area contributed by atoms with Crippen LogP contribution in [-0.2, 0) is 22.6 Å². The van der Waals surface area contributed by atoms with Gasteiger partial charge in [-0.3, -0.25) is 4.79 Å². The Kier molecular flexibility index (Phi) is 5.31. The summed E-state index contributed by atoms with van der Waals surface area (Å²) in [4.78, 5) is 27.8. The van der Waals surface area contributed by atoms with Gasteiger partial charge in [-0.15, -0.1) is 11.3 Å². The first-order chi connectivity index (χ1) is 13.2. The second kappa shape index (κ2) is 8.02. The van der Waals surface area contributed by atoms with Crippen molar-refractivity contribution in [2.45, 2.75) is 13.0 Å². The average Bonchev–Trinajstić information content (AvgIpc) is 3.12. The van der Waals surface area contributed by atoms with Gasteiger partial charge in [-0.1, -0.05) is 30.3 Å². The molecule has 0 aliphatic carbocycles. The molecule has 0 spiro atoms. The van der Waals surface area contributed by atoms with Gasteiger partial charge in [0.05, 0.1) is 18.4 Å². The van der Waals surface area contributed by atoms with E-state index in [4.69, 9.17) is 4.74 Å². The Hall–Kier alpha value is -2.51. The molecular weight excluding hydrogens is 360 g/mol. The van der Waals surface area contributed by atoms with Crippen LogP contribution in [0.3, 0.4) is 0 Å². The van der Waals surface area contributed by atoms with Crippen LogP contribution in [0.1, 0.15) is 10.4 Å². The predicted octanol–water partition coefficient (Wildman–Crippen LogP) is 2.73. The summed E-state index contributed by atoms with van der Waals surface area (Å²) in [5.74, 6) is 1.14. The Balaban J connectivity index is 1.43. The van der Waals surface area contributed by atoms with E-state index in [1.165, 1.54) is 0 Å². The van der Waals surface area contributed by atoms with E-state index < -0.39 is 0 Å². The van der Waals surface area contributed by atoms with Gasteiger partial charge in [-0.2, -0.15) is 0 Å². The Morgan fingerprint density at radius 3 is 2.67 bits per heavy atom. The molecular formula is C20H22N4O2S. The van der Waals surface area contributed by atoms with Crippen LogP contribution in [0.4, 0.5) is 5.82 Å². The van der Waals surface area contributed by atoms with E-state index in [1.54, 1.807) is 24.8 Å². The Bertz CT molecular complexity index is 920. The van der Waals surface area contributed by atoms with Crippen LogP contribution >= 0.6 is 11.3 Å². The van der Waals surface area contributed by atoms with E-state index >= 15 is 0 Å². The third-order valence-corrected chi connectivity index (χ3v) is 5.79. The lowest BCUT2D eigenvalue weighted by Crippen LogP contribution is -2.49. The van der Waals surface area contributed by atoms with Gasteiger partial charge < -0.3 is 14.5 Å². The second-order valence-electron chi connectivity index (χ2n) is 6.59. The van der Waals surface area contributed by atoms with Gasteiger partial charge in [0.25, 0.3) is 0 Å². The summed E-state index contributed by atoms with van der Waals surface area (Å²) in [6, 6.07) is 12.0. The number of aromatic nitrogens is 2. The maximum absolute atomic E-state index is 12.6. The minimum Gasteiger partial charge on any atom is -0.379 e. The highest BCUT2D eigenvalue weighted by Crippen LogP contribution is 2.31. The number of rotatable bonds is 5. The molecule has 6 nitrogen and oxygen atoms in total. The number of ether oxygens (including phenoxy) is 1. The molecule has 1 aliphatic rings. The van der Waals surface area contributed by atoms with Crippen LogP contribution in [0.15, 0.2) is 42.7 Å². The number of carbonyl (C=O) groups is 1. The summed E-state index contributed by atoms with van der Waals surface area (Å²) >= 11 is 1.64. The van der Waals surface area contributed by atoms with Gasteiger partial charge in [0.2, 0.25) is 5.91 Å². The smallest absolute Gasteiger partial charge is 0.227 e. The number of methoxy groups -OCH3 is 1. The van der Waals surface area contributed by atoms with E-state index in [2.05, 4.69) is 20.9 Å². The average molecular weight is 382 g/mol. The minimum absolute atomic E-state index is 0.187. The van der Waals surface area contributed by atoms with Crippen molar-refractivity contribution in [1.82, 2.24) is 14.9 Å². The van der Waals surface area contributed by atoms with Crippen LogP contribution in [0, 0.1) is 0 Å². The van der Waals surface area contributed by atoms with Crippen molar-refractivity contribution >= 4 is 33.3 Å². The molecule has 0 saturated carbocycles. The molecule has 0 bridgehead atoms. The van der Waals surface area contributed by atoms with Crippen molar-refractivity contribution in [3.63, 3.8) is 0 Å². The first-order valence-electron chi connectivity index (χ1n) is 9.03. The molecule has 2 aromatic heterocycles. The van der Waals surface area contributed by atoms with Crippen molar-refractivity contribution in [3.8, 4) is 0 Å². The van der Waals surface area contributed by atoms with Crippen LogP contribution in [0.25, 0.3) is 10.2 Å². The zero-order valence-electron chi connectivity index (χ0n) is 15.3. The van der Waals surface area contributed by atoms with Gasteiger partial charge in [0.15, 0.2) is 0 Å². The Morgan fingerprint density at radius 1 is 1.15 bits per heavy atom. The number of nitrogens with zero attached hydrogens (tertiary/aromatic N) is 4. The van der Waals surface area contributed by atoms with E-state index in [-0.39, 0.29) is 5.91 Å². The zero-order chi connectivity index (χ0) is 18.6. The number of benzene rings is 1. The molecule has 1 aromatic carbocycles. The van der Waals surface area contributed by atoms with Crippen molar-refractivity contribution in [2.24, 2.45) is 0 Å². The summed E-state index contributed by atoms with van der Waals surface area (Å²) in [5, 5.41) is 1.07. The number of anilines is 1. The first kappa shape index (κ1) is 17.9. The fourth-order valence-corrected chi connectivity index (χ4v) is 4.37. The number of piperazine rings is 1. The van der Waals surface area contributed by atoms with Gasteiger partial charge in [-0.05, 0) is 11.6 Å². The van der Waals surface area contributed by atoms with Crippen LogP contribution < -0.4 is 4.90 Å². The SMILES string of the molecule is COCc1cc2c(N3CCN(C(=O)Cc4ccccc4)CC3)ncnc2s1. The van der Waals surface area contributed by atoms with E-state index in [9.17, 15) is 4.79 Å². The first-order valence-corrected chi connectivity index (χ1v) is 9.85. The van der Waals surface area contributed by atoms with Crippen molar-refractivity contribution in [2.75, 3.05) is 38.2 Å². The van der Waals surface area contributed by atoms with Gasteiger partial charge in [-0.25, -0.2) is 9.97 Å². The number of carbonyl (C=O) groups excluding carboxylic acids is 1. The molecule has 1 amide bonds. The largest absolute Gasteiger partial charge is 0.379 e. The highest BCUT2D eigenvalue weighted by Gasteiger charge is 2.23. The molecule has 0 radical (unpaired) electrons. The summed E-state index contributed by atoms with van der Waals surface area (Å²) in [5.41, 5.74) is 1.06. The molecule has 0 unspecified atom stereocenters. The summed E-state index contributed by atoms with van der Waals surface area (Å²) in [7, 11) is 1.70. The normalized spacial score (nSPS) is 14.7. The highest BCUT2D eigenvalue weighted by atomic mass is 32.1. The quantitative estimate of drug-likeness (QED) is 0.679. The minimum atomic E-state index is 0.187. The van der Waals surface area contributed by atoms with Crippen LogP contribution in [0.5, 0.6) is 0 Å². The maximum atomic E-state index is 12.6. The number of fused-ring (bicyclic) bond motifs is 1. The maximum Gasteiger partial charge on any atom is 0.227 e.